The van der Waals surface area contributed by atoms with E-state index in [9.17, 15) is 0 Å². The molecule has 0 unspecified atom stereocenters. The van der Waals surface area contributed by atoms with Crippen LogP contribution in [-0.4, -0.2) is 24.0 Å². The maximum Gasteiger partial charge on any atom is 0.181 e. The van der Waals surface area contributed by atoms with Crippen molar-refractivity contribution in [3.8, 4) is 0 Å². The molecule has 3 nitrogen and oxygen atoms in total. The predicted octanol–water partition coefficient (Wildman–Crippen LogP) is 2.20. The molecule has 0 aliphatic heterocycles. The Bertz CT molecular complexity index is 427. The molecule has 0 fully saturated rings. The van der Waals surface area contributed by atoms with Crippen molar-refractivity contribution in [2.24, 2.45) is 0 Å². The Balaban J connectivity index is 1.96. The number of oxazole rings is 1. The lowest BCUT2D eigenvalue weighted by Gasteiger charge is -2.02. The van der Waals surface area contributed by atoms with Crippen molar-refractivity contribution in [2.75, 3.05) is 19.0 Å². The van der Waals surface area contributed by atoms with Crippen LogP contribution in [0, 0.1) is 0 Å². The third-order valence-corrected chi connectivity index (χ3v) is 2.45. The fraction of sp³-hybridized carbons (Fsp3) is 0.364. The first-order valence-corrected chi connectivity index (χ1v) is 5.52. The quantitative estimate of drug-likeness (QED) is 0.625. The molecule has 1 heterocycles. The van der Waals surface area contributed by atoms with E-state index in [0.29, 0.717) is 5.88 Å². The summed E-state index contributed by atoms with van der Waals surface area (Å²) >= 11 is 5.56. The monoisotopic (exact) mass is 224 g/mol. The van der Waals surface area contributed by atoms with E-state index in [1.54, 1.807) is 0 Å². The number of nitrogens with one attached hydrogen (secondary N) is 1. The number of halogens is 1. The molecule has 0 aliphatic rings. The van der Waals surface area contributed by atoms with Crippen molar-refractivity contribution >= 4 is 22.7 Å². The average Bonchev–Trinajstić information content (AvgIpc) is 2.71. The number of nitrogens with zero attached hydrogens (tertiary/aromatic N) is 1. The first kappa shape index (κ1) is 10.5. The third-order valence-electron chi connectivity index (χ3n) is 2.26. The lowest BCUT2D eigenvalue weighted by atomic mass is 10.1. The maximum absolute atomic E-state index is 5.56. The van der Waals surface area contributed by atoms with Crippen LogP contribution in [0.5, 0.6) is 0 Å². The number of benzene rings is 1. The van der Waals surface area contributed by atoms with Gasteiger partial charge in [0.2, 0.25) is 0 Å². The molecule has 0 spiro atoms. The Morgan fingerprint density at radius 2 is 2.27 bits per heavy atom. The number of fused-ring (bicyclic) bond motifs is 1. The number of aromatic nitrogens is 1. The molecule has 4 heteroatoms. The zero-order valence-corrected chi connectivity index (χ0v) is 9.13. The van der Waals surface area contributed by atoms with Crippen LogP contribution in [0.1, 0.15) is 5.56 Å². The van der Waals surface area contributed by atoms with E-state index in [2.05, 4.69) is 16.4 Å². The number of rotatable bonds is 5. The van der Waals surface area contributed by atoms with Crippen LogP contribution in [0.2, 0.25) is 0 Å². The Morgan fingerprint density at radius 3 is 3.13 bits per heavy atom. The van der Waals surface area contributed by atoms with E-state index in [-0.39, 0.29) is 0 Å². The minimum atomic E-state index is 0.654. The van der Waals surface area contributed by atoms with Crippen LogP contribution in [0.15, 0.2) is 29.0 Å². The van der Waals surface area contributed by atoms with Gasteiger partial charge in [0.05, 0.1) is 0 Å². The van der Waals surface area contributed by atoms with Crippen molar-refractivity contribution in [3.63, 3.8) is 0 Å². The minimum absolute atomic E-state index is 0.654. The van der Waals surface area contributed by atoms with Crippen LogP contribution in [-0.2, 0) is 6.42 Å². The van der Waals surface area contributed by atoms with E-state index >= 15 is 0 Å². The third kappa shape index (κ3) is 2.70. The average molecular weight is 225 g/mol. The van der Waals surface area contributed by atoms with Crippen molar-refractivity contribution in [1.29, 1.82) is 0 Å². The second-order valence-corrected chi connectivity index (χ2v) is 3.72. The summed E-state index contributed by atoms with van der Waals surface area (Å²) in [5, 5.41) is 3.25. The molecule has 0 bridgehead atoms. The van der Waals surface area contributed by atoms with Gasteiger partial charge in [-0.15, -0.1) is 11.6 Å². The Hall–Kier alpha value is -1.06. The van der Waals surface area contributed by atoms with Crippen LogP contribution >= 0.6 is 11.6 Å². The summed E-state index contributed by atoms with van der Waals surface area (Å²) in [7, 11) is 0. The zero-order chi connectivity index (χ0) is 10.5. The van der Waals surface area contributed by atoms with Gasteiger partial charge in [-0.1, -0.05) is 6.07 Å². The lowest BCUT2D eigenvalue weighted by molar-refractivity contribution is 0.601. The topological polar surface area (TPSA) is 38.1 Å². The molecule has 15 heavy (non-hydrogen) atoms. The highest BCUT2D eigenvalue weighted by Crippen LogP contribution is 2.14. The molecule has 0 radical (unpaired) electrons. The molecule has 1 aromatic carbocycles. The second kappa shape index (κ2) is 5.14. The summed E-state index contributed by atoms with van der Waals surface area (Å²) in [5.74, 6) is 0.654. The normalized spacial score (nSPS) is 11.0. The van der Waals surface area contributed by atoms with Gasteiger partial charge in [-0.05, 0) is 30.7 Å². The van der Waals surface area contributed by atoms with E-state index in [4.69, 9.17) is 16.0 Å². The number of hydrogen-bond acceptors (Lipinski definition) is 3. The van der Waals surface area contributed by atoms with Crippen molar-refractivity contribution < 1.29 is 4.42 Å². The smallest absolute Gasteiger partial charge is 0.181 e. The minimum Gasteiger partial charge on any atom is -0.443 e. The molecular weight excluding hydrogens is 212 g/mol. The summed E-state index contributed by atoms with van der Waals surface area (Å²) in [6.07, 6.45) is 2.45. The molecule has 0 saturated carbocycles. The van der Waals surface area contributed by atoms with E-state index < -0.39 is 0 Å². The standard InChI is InChI=1S/C11H13ClN2O/c12-4-6-13-5-3-9-1-2-10-11(7-9)15-8-14-10/h1-2,7-8,13H,3-6H2. The van der Waals surface area contributed by atoms with Gasteiger partial charge in [0.25, 0.3) is 0 Å². The first-order valence-electron chi connectivity index (χ1n) is 4.99. The molecule has 1 aromatic heterocycles. The largest absolute Gasteiger partial charge is 0.443 e. The molecule has 0 saturated heterocycles. The molecule has 0 atom stereocenters. The summed E-state index contributed by atoms with van der Waals surface area (Å²) in [6.45, 7) is 1.79. The molecule has 2 aromatic rings. The highest BCUT2D eigenvalue weighted by Gasteiger charge is 1.99. The first-order chi connectivity index (χ1) is 7.40. The van der Waals surface area contributed by atoms with Crippen molar-refractivity contribution in [1.82, 2.24) is 10.3 Å². The fourth-order valence-corrected chi connectivity index (χ4v) is 1.61. The van der Waals surface area contributed by atoms with Gasteiger partial charge in [-0.3, -0.25) is 0 Å². The summed E-state index contributed by atoms with van der Waals surface area (Å²) < 4.78 is 5.23. The van der Waals surface area contributed by atoms with Crippen molar-refractivity contribution in [3.05, 3.63) is 30.2 Å². The van der Waals surface area contributed by atoms with Gasteiger partial charge in [0, 0.05) is 12.4 Å². The van der Waals surface area contributed by atoms with Gasteiger partial charge >= 0.3 is 0 Å². The fourth-order valence-electron chi connectivity index (χ4n) is 1.48. The highest BCUT2D eigenvalue weighted by atomic mass is 35.5. The zero-order valence-electron chi connectivity index (χ0n) is 8.37. The SMILES string of the molecule is ClCCNCCc1ccc2ncoc2c1. The van der Waals surface area contributed by atoms with Gasteiger partial charge in [-0.25, -0.2) is 4.98 Å². The van der Waals surface area contributed by atoms with Gasteiger partial charge in [-0.2, -0.15) is 0 Å². The van der Waals surface area contributed by atoms with E-state index in [1.807, 2.05) is 12.1 Å². The molecule has 80 valence electrons. The van der Waals surface area contributed by atoms with Crippen LogP contribution < -0.4 is 5.32 Å². The summed E-state index contributed by atoms with van der Waals surface area (Å²) in [6, 6.07) is 6.09. The van der Waals surface area contributed by atoms with E-state index in [1.165, 1.54) is 12.0 Å². The highest BCUT2D eigenvalue weighted by molar-refractivity contribution is 6.18. The summed E-state index contributed by atoms with van der Waals surface area (Å²) in [4.78, 5) is 4.07. The van der Waals surface area contributed by atoms with Gasteiger partial charge in [0.15, 0.2) is 12.0 Å². The predicted molar refractivity (Wildman–Crippen MR) is 61.3 cm³/mol. The molecule has 0 aliphatic carbocycles. The molecule has 2 rings (SSSR count). The molecule has 1 N–H and O–H groups in total. The Kier molecular flexibility index (Phi) is 3.59. The lowest BCUT2D eigenvalue weighted by Crippen LogP contribution is -2.19. The van der Waals surface area contributed by atoms with Crippen LogP contribution in [0.25, 0.3) is 11.1 Å². The number of hydrogen-bond donors (Lipinski definition) is 1. The van der Waals surface area contributed by atoms with E-state index in [0.717, 1.165) is 30.6 Å². The second-order valence-electron chi connectivity index (χ2n) is 3.34. The maximum atomic E-state index is 5.56. The van der Waals surface area contributed by atoms with Crippen LogP contribution in [0.3, 0.4) is 0 Å². The van der Waals surface area contributed by atoms with Crippen molar-refractivity contribution in [2.45, 2.75) is 6.42 Å². The number of alkyl halides is 1. The Morgan fingerprint density at radius 1 is 1.33 bits per heavy atom. The van der Waals surface area contributed by atoms with Gasteiger partial charge < -0.3 is 9.73 Å². The van der Waals surface area contributed by atoms with Crippen LogP contribution in [0.4, 0.5) is 0 Å². The summed E-state index contributed by atoms with van der Waals surface area (Å²) in [5.41, 5.74) is 3.01. The van der Waals surface area contributed by atoms with Gasteiger partial charge in [0.1, 0.15) is 5.52 Å². The Labute approximate surface area is 93.4 Å². The molecule has 0 amide bonds. The molecular formula is C11H13ClN2O.